The van der Waals surface area contributed by atoms with Gasteiger partial charge in [0.05, 0.1) is 16.0 Å². The van der Waals surface area contributed by atoms with Gasteiger partial charge in [0.2, 0.25) is 0 Å². The molecule has 0 aliphatic rings. The Bertz CT molecular complexity index is 1870. The minimum absolute atomic E-state index is 0.0205. The Morgan fingerprint density at radius 2 is 1.62 bits per heavy atom. The van der Waals surface area contributed by atoms with Gasteiger partial charge in [-0.25, -0.2) is 0 Å². The smallest absolute Gasteiger partial charge is 0.296 e. The largest absolute Gasteiger partial charge is 0.755 e. The summed E-state index contributed by atoms with van der Waals surface area (Å²) in [5.74, 6) is -0.448. The first-order valence-electron chi connectivity index (χ1n) is 10.3. The lowest BCUT2D eigenvalue weighted by Crippen LogP contribution is -2.06. The highest BCUT2D eigenvalue weighted by atomic mass is 35.5. The van der Waals surface area contributed by atoms with Crippen LogP contribution in [0.2, 0.25) is 5.02 Å². The van der Waals surface area contributed by atoms with Crippen LogP contribution in [0.4, 0.5) is 17.1 Å². The number of aromatic hydroxyl groups is 1. The predicted molar refractivity (Wildman–Crippen MR) is 140 cm³/mol. The van der Waals surface area contributed by atoms with Crippen LogP contribution in [0.15, 0.2) is 86.7 Å². The molecular weight excluding hydrogens is 598 g/mol. The second-order valence-electron chi connectivity index (χ2n) is 7.65. The van der Waals surface area contributed by atoms with E-state index in [0.29, 0.717) is 17.9 Å². The first-order valence-corrected chi connectivity index (χ1v) is 14.7. The lowest BCUT2D eigenvalue weighted by Gasteiger charge is -2.16. The van der Waals surface area contributed by atoms with Crippen molar-refractivity contribution >= 4 is 70.9 Å². The van der Waals surface area contributed by atoms with E-state index in [4.69, 9.17) is 16.3 Å². The van der Waals surface area contributed by atoms with E-state index in [1.165, 1.54) is 18.2 Å². The molecule has 1 atom stereocenters. The van der Waals surface area contributed by atoms with Crippen molar-refractivity contribution in [3.8, 4) is 17.2 Å². The molecule has 13 nitrogen and oxygen atoms in total. The Balaban J connectivity index is 1.96. The van der Waals surface area contributed by atoms with Gasteiger partial charge in [-0.15, -0.1) is 10.2 Å². The van der Waals surface area contributed by atoms with Gasteiger partial charge in [-0.2, -0.15) is 16.8 Å². The summed E-state index contributed by atoms with van der Waals surface area (Å²) in [7, 11) is -10.0. The number of phenolic OH excluding ortho intramolecular Hbond substituents is 1. The topological polar surface area (TPSA) is 215 Å². The van der Waals surface area contributed by atoms with Gasteiger partial charge in [-0.05, 0) is 53.9 Å². The highest BCUT2D eigenvalue weighted by Crippen LogP contribution is 2.46. The Hall–Kier alpha value is -3.64. The average molecular weight is 613 g/mol. The normalized spacial score (nSPS) is 13.0. The van der Waals surface area contributed by atoms with E-state index in [2.05, 4.69) is 10.2 Å². The molecule has 4 aromatic carbocycles. The standard InChI is InChI=1S/C22H16ClN3O10S3/c23-13-6-7-18(36-14-4-2-1-3-5-14)16(10-13)24-25-21-19(39(33,34)35)9-12-8-15(38(30,31)32)11-17(26-37(28)29)20(12)22(21)27/h1-11,26-27H,(H,28,29)(H,30,31,32)(H,33,34,35)/p-1. The first kappa shape index (κ1) is 28.4. The van der Waals surface area contributed by atoms with Crippen LogP contribution in [0.1, 0.15) is 0 Å². The Kier molecular flexibility index (Phi) is 7.89. The molecule has 4 aromatic rings. The summed E-state index contributed by atoms with van der Waals surface area (Å²) in [5, 5.41) is 18.1. The van der Waals surface area contributed by atoms with Crippen molar-refractivity contribution in [3.63, 3.8) is 0 Å². The quantitative estimate of drug-likeness (QED) is 0.117. The maximum atomic E-state index is 12.2. The molecule has 0 saturated carbocycles. The first-order chi connectivity index (χ1) is 18.2. The van der Waals surface area contributed by atoms with Gasteiger partial charge in [-0.1, -0.05) is 29.8 Å². The number of nitrogens with one attached hydrogen (secondary N) is 1. The fourth-order valence-electron chi connectivity index (χ4n) is 3.45. The highest BCUT2D eigenvalue weighted by molar-refractivity contribution is 7.86. The summed E-state index contributed by atoms with van der Waals surface area (Å²) >= 11 is 3.01. The maximum absolute atomic E-state index is 12.2. The number of nitrogens with zero attached hydrogens (tertiary/aromatic N) is 2. The molecule has 0 saturated heterocycles. The van der Waals surface area contributed by atoms with Crippen LogP contribution in [-0.4, -0.2) is 39.8 Å². The fourth-order valence-corrected chi connectivity index (χ4v) is 5.15. The zero-order valence-corrected chi connectivity index (χ0v) is 22.3. The number of fused-ring (bicyclic) bond motifs is 1. The molecular formula is C22H15ClN3O10S3-. The molecule has 4 rings (SSSR count). The van der Waals surface area contributed by atoms with Crippen molar-refractivity contribution in [2.75, 3.05) is 4.72 Å². The molecule has 4 N–H and O–H groups in total. The fraction of sp³-hybridized carbons (Fsp3) is 0. The van der Waals surface area contributed by atoms with E-state index < -0.39 is 69.2 Å². The van der Waals surface area contributed by atoms with Gasteiger partial charge in [0.1, 0.15) is 22.0 Å². The number of hydrogen-bond acceptors (Lipinski definition) is 10. The molecule has 0 aliphatic heterocycles. The Morgan fingerprint density at radius 1 is 0.923 bits per heavy atom. The molecule has 204 valence electrons. The van der Waals surface area contributed by atoms with Crippen LogP contribution >= 0.6 is 11.6 Å². The van der Waals surface area contributed by atoms with Crippen LogP contribution in [0.25, 0.3) is 10.8 Å². The molecule has 0 radical (unpaired) electrons. The third-order valence-corrected chi connectivity index (χ3v) is 7.36. The van der Waals surface area contributed by atoms with Gasteiger partial charge < -0.3 is 19.1 Å². The lowest BCUT2D eigenvalue weighted by atomic mass is 10.1. The summed E-state index contributed by atoms with van der Waals surface area (Å²) in [6.07, 6.45) is 0. The maximum Gasteiger partial charge on any atom is 0.296 e. The molecule has 0 bridgehead atoms. The summed E-state index contributed by atoms with van der Waals surface area (Å²) in [6.45, 7) is 0. The minimum Gasteiger partial charge on any atom is -0.755 e. The molecule has 0 heterocycles. The Morgan fingerprint density at radius 3 is 2.23 bits per heavy atom. The van der Waals surface area contributed by atoms with Crippen molar-refractivity contribution < 1.29 is 44.5 Å². The van der Waals surface area contributed by atoms with E-state index >= 15 is 0 Å². The van der Waals surface area contributed by atoms with Crippen LogP contribution < -0.4 is 9.46 Å². The summed E-state index contributed by atoms with van der Waals surface area (Å²) in [5.41, 5.74) is -1.40. The number of azo groups is 1. The van der Waals surface area contributed by atoms with Gasteiger partial charge in [0.25, 0.3) is 20.2 Å². The van der Waals surface area contributed by atoms with E-state index in [1.807, 2.05) is 4.72 Å². The molecule has 0 aliphatic carbocycles. The second kappa shape index (κ2) is 10.9. The second-order valence-corrected chi connectivity index (χ2v) is 11.6. The number of halogens is 1. The number of rotatable bonds is 8. The van der Waals surface area contributed by atoms with Gasteiger partial charge in [0, 0.05) is 16.3 Å². The molecule has 17 heteroatoms. The zero-order valence-electron chi connectivity index (χ0n) is 19.0. The zero-order chi connectivity index (χ0) is 28.5. The van der Waals surface area contributed by atoms with Crippen molar-refractivity contribution in [1.82, 2.24) is 0 Å². The van der Waals surface area contributed by atoms with Crippen LogP contribution in [-0.2, 0) is 31.5 Å². The molecule has 0 amide bonds. The van der Waals surface area contributed by atoms with Gasteiger partial charge in [0.15, 0.2) is 11.5 Å². The highest BCUT2D eigenvalue weighted by Gasteiger charge is 2.25. The summed E-state index contributed by atoms with van der Waals surface area (Å²) in [4.78, 5) is -1.84. The van der Waals surface area contributed by atoms with E-state index in [1.54, 1.807) is 30.3 Å². The molecule has 0 fully saturated rings. The van der Waals surface area contributed by atoms with Crippen molar-refractivity contribution in [2.45, 2.75) is 9.79 Å². The van der Waals surface area contributed by atoms with Crippen LogP contribution in [0.3, 0.4) is 0 Å². The molecule has 1 unspecified atom stereocenters. The minimum atomic E-state index is -5.13. The van der Waals surface area contributed by atoms with E-state index in [0.717, 1.165) is 6.07 Å². The number of benzene rings is 4. The van der Waals surface area contributed by atoms with Gasteiger partial charge in [-0.3, -0.25) is 13.3 Å². The van der Waals surface area contributed by atoms with E-state index in [-0.39, 0.29) is 16.5 Å². The van der Waals surface area contributed by atoms with Crippen molar-refractivity contribution in [3.05, 3.63) is 71.8 Å². The third-order valence-electron chi connectivity index (χ3n) is 5.04. The molecule has 39 heavy (non-hydrogen) atoms. The molecule has 0 spiro atoms. The number of anilines is 1. The van der Waals surface area contributed by atoms with Crippen LogP contribution in [0, 0.1) is 0 Å². The number of para-hydroxylation sites is 1. The van der Waals surface area contributed by atoms with E-state index in [9.17, 15) is 39.8 Å². The third kappa shape index (κ3) is 6.51. The average Bonchev–Trinajstić information content (AvgIpc) is 2.83. The van der Waals surface area contributed by atoms with Crippen molar-refractivity contribution in [2.24, 2.45) is 10.2 Å². The summed E-state index contributed by atoms with van der Waals surface area (Å²) in [6, 6.07) is 14.9. The monoisotopic (exact) mass is 612 g/mol. The Labute approximate surface area is 228 Å². The number of ether oxygens (including phenoxy) is 1. The van der Waals surface area contributed by atoms with Gasteiger partial charge >= 0.3 is 0 Å². The lowest BCUT2D eigenvalue weighted by molar-refractivity contribution is 0.472. The number of hydrogen-bond donors (Lipinski definition) is 4. The van der Waals surface area contributed by atoms with Crippen LogP contribution in [0.5, 0.6) is 17.2 Å². The van der Waals surface area contributed by atoms with Crippen molar-refractivity contribution in [1.29, 1.82) is 0 Å². The summed E-state index contributed by atoms with van der Waals surface area (Å²) < 4.78 is 97.2. The SMILES string of the molecule is O=S([O-])Nc1cc(S(=O)(=O)O)cc2cc(S(=O)(=O)O)c(N=Nc3cc(Cl)ccc3Oc3ccccc3)c(O)c12. The predicted octanol–water partition coefficient (Wildman–Crippen LogP) is 5.11. The number of phenols is 1. The molecule has 0 aromatic heterocycles.